The number of hydrogen-bond acceptors (Lipinski definition) is 3. The van der Waals surface area contributed by atoms with Gasteiger partial charge in [-0.1, -0.05) is 15.9 Å². The smallest absolute Gasteiger partial charge is 0.201 e. The topological polar surface area (TPSA) is 61.3 Å². The molecule has 4 N–H and O–H groups in total. The Morgan fingerprint density at radius 2 is 1.72 bits per heavy atom. The van der Waals surface area contributed by atoms with Crippen molar-refractivity contribution in [2.45, 2.75) is 0 Å². The third-order valence-electron chi connectivity index (χ3n) is 2.25. The highest BCUT2D eigenvalue weighted by molar-refractivity contribution is 9.10. The Bertz CT molecular complexity index is 605. The molecule has 0 amide bonds. The molecule has 0 aliphatic rings. The van der Waals surface area contributed by atoms with E-state index in [0.717, 1.165) is 6.07 Å². The quantitative estimate of drug-likeness (QED) is 0.656. The van der Waals surface area contributed by atoms with Crippen LogP contribution in [0.1, 0.15) is 0 Å². The fraction of sp³-hybridized carbons (Fsp3) is 0. The molecule has 2 aromatic carbocycles. The summed E-state index contributed by atoms with van der Waals surface area (Å²) in [5, 5.41) is 0. The first kappa shape index (κ1) is 12.6. The van der Waals surface area contributed by atoms with Crippen molar-refractivity contribution in [2.24, 2.45) is 0 Å². The van der Waals surface area contributed by atoms with E-state index in [9.17, 15) is 8.78 Å². The van der Waals surface area contributed by atoms with Gasteiger partial charge in [0.25, 0.3) is 0 Å². The molecular formula is C12H9BrF2N2O. The molecule has 0 fully saturated rings. The SMILES string of the molecule is Nc1ccc(Oc2cc(Br)cc(F)c2F)cc1N. The summed E-state index contributed by atoms with van der Waals surface area (Å²) in [4.78, 5) is 0. The lowest BCUT2D eigenvalue weighted by atomic mass is 10.2. The largest absolute Gasteiger partial charge is 0.454 e. The number of hydrogen-bond donors (Lipinski definition) is 2. The highest BCUT2D eigenvalue weighted by atomic mass is 79.9. The van der Waals surface area contributed by atoms with Gasteiger partial charge in [-0.15, -0.1) is 0 Å². The van der Waals surface area contributed by atoms with Crippen LogP contribution in [0, 0.1) is 11.6 Å². The molecule has 0 aliphatic carbocycles. The molecule has 0 atom stereocenters. The molecule has 3 nitrogen and oxygen atoms in total. The van der Waals surface area contributed by atoms with Crippen molar-refractivity contribution in [1.29, 1.82) is 0 Å². The summed E-state index contributed by atoms with van der Waals surface area (Å²) in [5.74, 6) is -2.01. The van der Waals surface area contributed by atoms with Gasteiger partial charge in [-0.3, -0.25) is 0 Å². The van der Waals surface area contributed by atoms with Crippen molar-refractivity contribution in [3.05, 3.63) is 46.4 Å². The molecule has 0 saturated carbocycles. The first-order valence-electron chi connectivity index (χ1n) is 4.95. The van der Waals surface area contributed by atoms with Gasteiger partial charge in [-0.05, 0) is 24.3 Å². The third kappa shape index (κ3) is 2.53. The van der Waals surface area contributed by atoms with Crippen LogP contribution in [-0.4, -0.2) is 0 Å². The maximum Gasteiger partial charge on any atom is 0.201 e. The van der Waals surface area contributed by atoms with Crippen molar-refractivity contribution in [3.8, 4) is 11.5 Å². The van der Waals surface area contributed by atoms with Crippen LogP contribution < -0.4 is 16.2 Å². The van der Waals surface area contributed by atoms with E-state index in [-0.39, 0.29) is 11.5 Å². The molecule has 0 heterocycles. The number of ether oxygens (including phenoxy) is 1. The number of rotatable bonds is 2. The highest BCUT2D eigenvalue weighted by Gasteiger charge is 2.12. The van der Waals surface area contributed by atoms with E-state index in [0.29, 0.717) is 15.8 Å². The molecular weight excluding hydrogens is 306 g/mol. The molecule has 0 bridgehead atoms. The van der Waals surface area contributed by atoms with E-state index in [1.54, 1.807) is 0 Å². The third-order valence-corrected chi connectivity index (χ3v) is 2.70. The molecule has 0 saturated heterocycles. The van der Waals surface area contributed by atoms with Gasteiger partial charge in [0.1, 0.15) is 5.75 Å². The second-order valence-electron chi connectivity index (χ2n) is 3.59. The molecule has 18 heavy (non-hydrogen) atoms. The van der Waals surface area contributed by atoms with Crippen LogP contribution in [0.4, 0.5) is 20.2 Å². The van der Waals surface area contributed by atoms with Gasteiger partial charge in [0.15, 0.2) is 11.6 Å². The maximum absolute atomic E-state index is 13.5. The van der Waals surface area contributed by atoms with Crippen molar-refractivity contribution in [2.75, 3.05) is 11.5 Å². The average Bonchev–Trinajstić information content (AvgIpc) is 2.30. The number of nitrogen functional groups attached to an aromatic ring is 2. The molecule has 0 aliphatic heterocycles. The molecule has 0 spiro atoms. The second-order valence-corrected chi connectivity index (χ2v) is 4.51. The molecule has 2 rings (SSSR count). The van der Waals surface area contributed by atoms with Crippen LogP contribution in [-0.2, 0) is 0 Å². The van der Waals surface area contributed by atoms with Crippen LogP contribution in [0.3, 0.4) is 0 Å². The number of halogens is 3. The Hall–Kier alpha value is -1.82. The van der Waals surface area contributed by atoms with E-state index in [1.165, 1.54) is 24.3 Å². The zero-order chi connectivity index (χ0) is 13.3. The van der Waals surface area contributed by atoms with Crippen LogP contribution in [0.2, 0.25) is 0 Å². The van der Waals surface area contributed by atoms with Gasteiger partial charge in [-0.25, -0.2) is 4.39 Å². The number of benzene rings is 2. The summed E-state index contributed by atoms with van der Waals surface area (Å²) in [6.07, 6.45) is 0. The summed E-state index contributed by atoms with van der Waals surface area (Å²) in [7, 11) is 0. The second kappa shape index (κ2) is 4.81. The van der Waals surface area contributed by atoms with Crippen molar-refractivity contribution >= 4 is 27.3 Å². The maximum atomic E-state index is 13.5. The fourth-order valence-electron chi connectivity index (χ4n) is 1.35. The molecule has 0 aromatic heterocycles. The Kier molecular flexibility index (Phi) is 3.38. The first-order chi connectivity index (χ1) is 8.47. The monoisotopic (exact) mass is 314 g/mol. The lowest BCUT2D eigenvalue weighted by Crippen LogP contribution is -1.96. The van der Waals surface area contributed by atoms with Crippen molar-refractivity contribution in [1.82, 2.24) is 0 Å². The predicted octanol–water partition coefficient (Wildman–Crippen LogP) is 3.68. The van der Waals surface area contributed by atoms with E-state index >= 15 is 0 Å². The molecule has 94 valence electrons. The van der Waals surface area contributed by atoms with Crippen molar-refractivity contribution < 1.29 is 13.5 Å². The Balaban J connectivity index is 2.36. The van der Waals surface area contributed by atoms with Crippen molar-refractivity contribution in [3.63, 3.8) is 0 Å². The van der Waals surface area contributed by atoms with Gasteiger partial charge in [0.2, 0.25) is 5.82 Å². The number of nitrogens with two attached hydrogens (primary N) is 2. The van der Waals surface area contributed by atoms with E-state index in [1.807, 2.05) is 0 Å². The molecule has 6 heteroatoms. The van der Waals surface area contributed by atoms with Crippen LogP contribution in [0.5, 0.6) is 11.5 Å². The van der Waals surface area contributed by atoms with Crippen LogP contribution >= 0.6 is 15.9 Å². The predicted molar refractivity (Wildman–Crippen MR) is 69.4 cm³/mol. The minimum Gasteiger partial charge on any atom is -0.454 e. The Morgan fingerprint density at radius 3 is 2.39 bits per heavy atom. The zero-order valence-electron chi connectivity index (χ0n) is 9.08. The molecule has 0 unspecified atom stereocenters. The van der Waals surface area contributed by atoms with Gasteiger partial charge in [0.05, 0.1) is 11.4 Å². The normalized spacial score (nSPS) is 10.4. The highest BCUT2D eigenvalue weighted by Crippen LogP contribution is 2.31. The molecule has 0 radical (unpaired) electrons. The fourth-order valence-corrected chi connectivity index (χ4v) is 1.76. The lowest BCUT2D eigenvalue weighted by molar-refractivity contribution is 0.415. The van der Waals surface area contributed by atoms with Gasteiger partial charge in [0, 0.05) is 10.5 Å². The van der Waals surface area contributed by atoms with Gasteiger partial charge >= 0.3 is 0 Å². The first-order valence-corrected chi connectivity index (χ1v) is 5.74. The van der Waals surface area contributed by atoms with Crippen LogP contribution in [0.15, 0.2) is 34.8 Å². The minimum atomic E-state index is -1.06. The summed E-state index contributed by atoms with van der Waals surface area (Å²) in [6, 6.07) is 6.82. The van der Waals surface area contributed by atoms with Crippen LogP contribution in [0.25, 0.3) is 0 Å². The summed E-state index contributed by atoms with van der Waals surface area (Å²) < 4.78 is 32.2. The van der Waals surface area contributed by atoms with Gasteiger partial charge in [-0.2, -0.15) is 4.39 Å². The minimum absolute atomic E-state index is 0.231. The summed E-state index contributed by atoms with van der Waals surface area (Å²) >= 11 is 3.06. The molecule has 2 aromatic rings. The Labute approximate surface area is 110 Å². The van der Waals surface area contributed by atoms with Gasteiger partial charge < -0.3 is 16.2 Å². The van der Waals surface area contributed by atoms with E-state index in [2.05, 4.69) is 15.9 Å². The standard InChI is InChI=1S/C12H9BrF2N2O/c13-6-3-8(14)12(15)11(4-6)18-7-1-2-9(16)10(17)5-7/h1-5H,16-17H2. The van der Waals surface area contributed by atoms with E-state index < -0.39 is 11.6 Å². The zero-order valence-corrected chi connectivity index (χ0v) is 10.7. The Morgan fingerprint density at radius 1 is 1.00 bits per heavy atom. The lowest BCUT2D eigenvalue weighted by Gasteiger charge is -2.09. The number of anilines is 2. The summed E-state index contributed by atoms with van der Waals surface area (Å²) in [6.45, 7) is 0. The van der Waals surface area contributed by atoms with E-state index in [4.69, 9.17) is 16.2 Å². The summed E-state index contributed by atoms with van der Waals surface area (Å²) in [5.41, 5.74) is 11.8. The average molecular weight is 315 g/mol.